The van der Waals surface area contributed by atoms with Crippen LogP contribution < -0.4 is 10.1 Å². The second kappa shape index (κ2) is 6.57. The van der Waals surface area contributed by atoms with E-state index in [9.17, 15) is 0 Å². The molecule has 20 heavy (non-hydrogen) atoms. The van der Waals surface area contributed by atoms with Crippen LogP contribution in [0.2, 0.25) is 0 Å². The lowest BCUT2D eigenvalue weighted by atomic mass is 10.1. The first-order valence-electron chi connectivity index (χ1n) is 6.58. The third-order valence-corrected chi connectivity index (χ3v) is 2.99. The Labute approximate surface area is 124 Å². The fourth-order valence-corrected chi connectivity index (χ4v) is 2.09. The molecule has 0 spiro atoms. The quantitative estimate of drug-likeness (QED) is 0.838. The van der Waals surface area contributed by atoms with Gasteiger partial charge in [-0.15, -0.1) is 11.6 Å². The van der Waals surface area contributed by atoms with E-state index in [1.54, 1.807) is 0 Å². The molecule has 1 aromatic carbocycles. The maximum atomic E-state index is 6.18. The first-order valence-corrected chi connectivity index (χ1v) is 7.02. The predicted molar refractivity (Wildman–Crippen MR) is 81.9 cm³/mol. The molecule has 1 heterocycles. The van der Waals surface area contributed by atoms with Crippen LogP contribution >= 0.6 is 11.6 Å². The Morgan fingerprint density at radius 2 is 2.05 bits per heavy atom. The Balaban J connectivity index is 2.30. The van der Waals surface area contributed by atoms with Gasteiger partial charge in [-0.05, 0) is 32.4 Å². The van der Waals surface area contributed by atoms with E-state index < -0.39 is 0 Å². The third-order valence-electron chi connectivity index (χ3n) is 2.76. The molecule has 0 radical (unpaired) electrons. The van der Waals surface area contributed by atoms with Gasteiger partial charge in [0.1, 0.15) is 0 Å². The van der Waals surface area contributed by atoms with E-state index in [1.165, 1.54) is 0 Å². The minimum Gasteiger partial charge on any atom is -0.478 e. The fourth-order valence-electron chi connectivity index (χ4n) is 1.90. The summed E-state index contributed by atoms with van der Waals surface area (Å²) in [6.45, 7) is 6.34. The summed E-state index contributed by atoms with van der Waals surface area (Å²) < 4.78 is 5.43. The van der Waals surface area contributed by atoms with Crippen LogP contribution in [0, 0.1) is 6.92 Å². The van der Waals surface area contributed by atoms with Crippen molar-refractivity contribution in [3.05, 3.63) is 41.6 Å². The molecule has 106 valence electrons. The van der Waals surface area contributed by atoms with Gasteiger partial charge in [-0.25, -0.2) is 4.98 Å². The summed E-state index contributed by atoms with van der Waals surface area (Å²) in [4.78, 5) is 8.70. The number of nitrogens with one attached hydrogen (secondary N) is 1. The van der Waals surface area contributed by atoms with Crippen molar-refractivity contribution < 1.29 is 4.74 Å². The van der Waals surface area contributed by atoms with E-state index >= 15 is 0 Å². The standard InChI is InChI=1S/C15H18ClN3O/c1-4-20-14-9-10(2)17-15(19-14)18-13-8-6-5-7-12(13)11(3)16/h5-9,11H,4H2,1-3H3,(H,17,18,19). The number of halogens is 1. The van der Waals surface area contributed by atoms with Crippen LogP contribution in [-0.2, 0) is 0 Å². The van der Waals surface area contributed by atoms with Crippen LogP contribution in [-0.4, -0.2) is 16.6 Å². The van der Waals surface area contributed by atoms with E-state index in [1.807, 2.05) is 51.1 Å². The van der Waals surface area contributed by atoms with E-state index in [-0.39, 0.29) is 5.38 Å². The van der Waals surface area contributed by atoms with Crippen LogP contribution in [0.25, 0.3) is 0 Å². The molecule has 0 fully saturated rings. The van der Waals surface area contributed by atoms with Crippen LogP contribution in [0.3, 0.4) is 0 Å². The van der Waals surface area contributed by atoms with Crippen molar-refractivity contribution >= 4 is 23.2 Å². The lowest BCUT2D eigenvalue weighted by Crippen LogP contribution is -2.04. The van der Waals surface area contributed by atoms with Gasteiger partial charge in [-0.2, -0.15) is 4.98 Å². The van der Waals surface area contributed by atoms with Crippen molar-refractivity contribution in [1.29, 1.82) is 0 Å². The number of aromatic nitrogens is 2. The minimum atomic E-state index is -0.0881. The molecular formula is C15H18ClN3O. The molecule has 0 aliphatic heterocycles. The van der Waals surface area contributed by atoms with Gasteiger partial charge in [0, 0.05) is 17.4 Å². The Morgan fingerprint density at radius 3 is 2.75 bits per heavy atom. The summed E-state index contributed by atoms with van der Waals surface area (Å²) in [6.07, 6.45) is 0. The van der Waals surface area contributed by atoms with Crippen molar-refractivity contribution in [3.8, 4) is 5.88 Å². The van der Waals surface area contributed by atoms with Crippen LogP contribution in [0.15, 0.2) is 30.3 Å². The molecule has 2 aromatic rings. The molecular weight excluding hydrogens is 274 g/mol. The predicted octanol–water partition coefficient (Wildman–Crippen LogP) is 4.23. The largest absolute Gasteiger partial charge is 0.478 e. The zero-order chi connectivity index (χ0) is 14.5. The highest BCUT2D eigenvalue weighted by Crippen LogP contribution is 2.29. The Morgan fingerprint density at radius 1 is 1.30 bits per heavy atom. The molecule has 0 saturated carbocycles. The van der Waals surface area contributed by atoms with Crippen LogP contribution in [0.4, 0.5) is 11.6 Å². The topological polar surface area (TPSA) is 47.0 Å². The van der Waals surface area contributed by atoms with Gasteiger partial charge >= 0.3 is 0 Å². The van der Waals surface area contributed by atoms with Gasteiger partial charge in [0.15, 0.2) is 0 Å². The second-order valence-electron chi connectivity index (χ2n) is 4.43. The molecule has 1 unspecified atom stereocenters. The van der Waals surface area contributed by atoms with Crippen molar-refractivity contribution in [2.45, 2.75) is 26.1 Å². The highest BCUT2D eigenvalue weighted by molar-refractivity contribution is 6.21. The van der Waals surface area contributed by atoms with Crippen molar-refractivity contribution in [3.63, 3.8) is 0 Å². The number of anilines is 2. The van der Waals surface area contributed by atoms with Gasteiger partial charge in [0.05, 0.1) is 12.0 Å². The monoisotopic (exact) mass is 291 g/mol. The Hall–Kier alpha value is -1.81. The number of para-hydroxylation sites is 1. The summed E-state index contributed by atoms with van der Waals surface area (Å²) in [6, 6.07) is 9.66. The Kier molecular flexibility index (Phi) is 4.79. The van der Waals surface area contributed by atoms with Gasteiger partial charge in [-0.1, -0.05) is 18.2 Å². The highest BCUT2D eigenvalue weighted by Gasteiger charge is 2.09. The van der Waals surface area contributed by atoms with E-state index in [4.69, 9.17) is 16.3 Å². The van der Waals surface area contributed by atoms with Crippen LogP contribution in [0.1, 0.15) is 30.5 Å². The molecule has 0 amide bonds. The first-order chi connectivity index (χ1) is 9.60. The van der Waals surface area contributed by atoms with E-state index in [0.29, 0.717) is 18.4 Å². The van der Waals surface area contributed by atoms with Gasteiger partial charge in [0.2, 0.25) is 11.8 Å². The molecule has 1 atom stereocenters. The molecule has 5 heteroatoms. The number of benzene rings is 1. The SMILES string of the molecule is CCOc1cc(C)nc(Nc2ccccc2C(C)Cl)n1. The Bertz CT molecular complexity index is 587. The van der Waals surface area contributed by atoms with Gasteiger partial charge in [0.25, 0.3) is 0 Å². The average molecular weight is 292 g/mol. The summed E-state index contributed by atoms with van der Waals surface area (Å²) >= 11 is 6.18. The molecule has 1 aromatic heterocycles. The van der Waals surface area contributed by atoms with E-state index in [0.717, 1.165) is 16.9 Å². The van der Waals surface area contributed by atoms with E-state index in [2.05, 4.69) is 15.3 Å². The number of hydrogen-bond donors (Lipinski definition) is 1. The number of aryl methyl sites for hydroxylation is 1. The summed E-state index contributed by atoms with van der Waals surface area (Å²) in [5.41, 5.74) is 2.77. The minimum absolute atomic E-state index is 0.0881. The molecule has 0 saturated heterocycles. The molecule has 0 bridgehead atoms. The molecule has 0 aliphatic rings. The highest BCUT2D eigenvalue weighted by atomic mass is 35.5. The zero-order valence-electron chi connectivity index (χ0n) is 11.9. The zero-order valence-corrected chi connectivity index (χ0v) is 12.6. The normalized spacial score (nSPS) is 12.0. The smallest absolute Gasteiger partial charge is 0.230 e. The lowest BCUT2D eigenvalue weighted by molar-refractivity contribution is 0.326. The van der Waals surface area contributed by atoms with Crippen molar-refractivity contribution in [2.75, 3.05) is 11.9 Å². The fraction of sp³-hybridized carbons (Fsp3) is 0.333. The first kappa shape index (κ1) is 14.6. The number of hydrogen-bond acceptors (Lipinski definition) is 4. The second-order valence-corrected chi connectivity index (χ2v) is 5.09. The summed E-state index contributed by atoms with van der Waals surface area (Å²) in [7, 11) is 0. The van der Waals surface area contributed by atoms with Gasteiger partial charge in [-0.3, -0.25) is 0 Å². The number of nitrogens with zero attached hydrogens (tertiary/aromatic N) is 2. The molecule has 4 nitrogen and oxygen atoms in total. The summed E-state index contributed by atoms with van der Waals surface area (Å²) in [5.74, 6) is 1.08. The van der Waals surface area contributed by atoms with Gasteiger partial charge < -0.3 is 10.1 Å². The van der Waals surface area contributed by atoms with Crippen LogP contribution in [0.5, 0.6) is 5.88 Å². The maximum Gasteiger partial charge on any atom is 0.230 e. The average Bonchev–Trinajstić information content (AvgIpc) is 2.38. The number of alkyl halides is 1. The third kappa shape index (κ3) is 3.61. The number of rotatable bonds is 5. The summed E-state index contributed by atoms with van der Waals surface area (Å²) in [5, 5.41) is 3.12. The molecule has 2 rings (SSSR count). The maximum absolute atomic E-state index is 6.18. The van der Waals surface area contributed by atoms with Crippen molar-refractivity contribution in [2.24, 2.45) is 0 Å². The number of ether oxygens (including phenoxy) is 1. The van der Waals surface area contributed by atoms with Crippen molar-refractivity contribution in [1.82, 2.24) is 9.97 Å². The molecule has 1 N–H and O–H groups in total. The lowest BCUT2D eigenvalue weighted by Gasteiger charge is -2.13. The molecule has 0 aliphatic carbocycles.